The van der Waals surface area contributed by atoms with E-state index in [0.717, 1.165) is 11.3 Å². The minimum atomic E-state index is -0.474. The lowest BCUT2D eigenvalue weighted by atomic mass is 10.1. The average Bonchev–Trinajstić information content (AvgIpc) is 2.92. The van der Waals surface area contributed by atoms with Crippen LogP contribution in [0.4, 0.5) is 0 Å². The van der Waals surface area contributed by atoms with Crippen molar-refractivity contribution in [2.24, 2.45) is 7.05 Å². The molecule has 0 aliphatic heterocycles. The van der Waals surface area contributed by atoms with Crippen LogP contribution in [0, 0.1) is 18.3 Å². The zero-order valence-corrected chi connectivity index (χ0v) is 14.3. The Hall–Kier alpha value is -3.33. The number of hydrogen-bond acceptors (Lipinski definition) is 5. The molecular formula is C19H18N2O4. The fourth-order valence-corrected chi connectivity index (χ4v) is 2.18. The zero-order chi connectivity index (χ0) is 18.4. The fraction of sp³-hybridized carbons (Fsp3) is 0.211. The molecule has 0 bridgehead atoms. The van der Waals surface area contributed by atoms with Gasteiger partial charge in [-0.15, -0.1) is 0 Å². The van der Waals surface area contributed by atoms with Crippen LogP contribution in [0.15, 0.2) is 36.4 Å². The van der Waals surface area contributed by atoms with E-state index in [2.05, 4.69) is 10.8 Å². The molecule has 0 saturated carbocycles. The molecule has 0 atom stereocenters. The van der Waals surface area contributed by atoms with Crippen LogP contribution in [0.2, 0.25) is 0 Å². The first-order valence-electron chi connectivity index (χ1n) is 7.54. The van der Waals surface area contributed by atoms with E-state index in [1.807, 2.05) is 6.92 Å². The summed E-state index contributed by atoms with van der Waals surface area (Å²) in [6.07, 6.45) is 3.16. The van der Waals surface area contributed by atoms with Crippen LogP contribution >= 0.6 is 0 Å². The largest absolute Gasteiger partial charge is 0.482 e. The molecule has 128 valence electrons. The van der Waals surface area contributed by atoms with Crippen molar-refractivity contribution in [1.29, 1.82) is 5.26 Å². The molecule has 0 radical (unpaired) electrons. The van der Waals surface area contributed by atoms with Gasteiger partial charge < -0.3 is 14.0 Å². The number of carbonyl (C=O) groups is 2. The van der Waals surface area contributed by atoms with Crippen molar-refractivity contribution in [1.82, 2.24) is 4.57 Å². The van der Waals surface area contributed by atoms with Gasteiger partial charge in [0.2, 0.25) is 0 Å². The Morgan fingerprint density at radius 1 is 1.28 bits per heavy atom. The SMILES string of the molecule is COC(=O)COc1ccc(C(=O)C=Cc2cc(C#N)n(C)c2C)cc1. The van der Waals surface area contributed by atoms with Crippen LogP contribution in [0.1, 0.15) is 27.3 Å². The van der Waals surface area contributed by atoms with E-state index in [9.17, 15) is 9.59 Å². The standard InChI is InChI=1S/C19H18N2O4/c1-13-15(10-16(11-20)21(13)2)6-9-18(22)14-4-7-17(8-5-14)25-12-19(23)24-3/h4-10H,12H2,1-3H3. The van der Waals surface area contributed by atoms with Crippen LogP contribution < -0.4 is 4.74 Å². The van der Waals surface area contributed by atoms with Crippen molar-refractivity contribution in [3.63, 3.8) is 0 Å². The molecular weight excluding hydrogens is 320 g/mol. The number of ether oxygens (including phenoxy) is 2. The zero-order valence-electron chi connectivity index (χ0n) is 14.3. The molecule has 2 aromatic rings. The highest BCUT2D eigenvalue weighted by atomic mass is 16.6. The molecule has 0 spiro atoms. The van der Waals surface area contributed by atoms with Gasteiger partial charge in [0.15, 0.2) is 12.4 Å². The third kappa shape index (κ3) is 4.36. The molecule has 1 aromatic carbocycles. The summed E-state index contributed by atoms with van der Waals surface area (Å²) in [6.45, 7) is 1.70. The van der Waals surface area contributed by atoms with Crippen molar-refractivity contribution < 1.29 is 19.1 Å². The van der Waals surface area contributed by atoms with Gasteiger partial charge in [-0.2, -0.15) is 5.26 Å². The minimum absolute atomic E-state index is 0.165. The Labute approximate surface area is 145 Å². The third-order valence-electron chi connectivity index (χ3n) is 3.83. The Bertz CT molecular complexity index is 855. The lowest BCUT2D eigenvalue weighted by Crippen LogP contribution is -2.12. The molecule has 0 aliphatic carbocycles. The second-order valence-electron chi connectivity index (χ2n) is 5.33. The Morgan fingerprint density at radius 2 is 1.96 bits per heavy atom. The van der Waals surface area contributed by atoms with Crippen LogP contribution in [-0.2, 0) is 16.6 Å². The number of allylic oxidation sites excluding steroid dienone is 1. The van der Waals surface area contributed by atoms with Gasteiger partial charge >= 0.3 is 5.97 Å². The molecule has 0 fully saturated rings. The summed E-state index contributed by atoms with van der Waals surface area (Å²) < 4.78 is 11.5. The highest BCUT2D eigenvalue weighted by Crippen LogP contribution is 2.17. The first-order chi connectivity index (χ1) is 12.0. The number of carbonyl (C=O) groups excluding carboxylic acids is 2. The van der Waals surface area contributed by atoms with Gasteiger partial charge in [0, 0.05) is 18.3 Å². The minimum Gasteiger partial charge on any atom is -0.482 e. The van der Waals surface area contributed by atoms with E-state index in [-0.39, 0.29) is 12.4 Å². The van der Waals surface area contributed by atoms with Crippen LogP contribution in [0.25, 0.3) is 6.08 Å². The Balaban J connectivity index is 2.06. The number of aromatic nitrogens is 1. The lowest BCUT2D eigenvalue weighted by molar-refractivity contribution is -0.142. The summed E-state index contributed by atoms with van der Waals surface area (Å²) in [6, 6.07) is 10.3. The molecule has 25 heavy (non-hydrogen) atoms. The third-order valence-corrected chi connectivity index (χ3v) is 3.83. The number of rotatable bonds is 6. The first-order valence-corrected chi connectivity index (χ1v) is 7.54. The average molecular weight is 338 g/mol. The maximum Gasteiger partial charge on any atom is 0.343 e. The van der Waals surface area contributed by atoms with Crippen LogP contribution in [-0.4, -0.2) is 30.0 Å². The summed E-state index contributed by atoms with van der Waals surface area (Å²) in [5.74, 6) is -0.164. The van der Waals surface area contributed by atoms with Gasteiger partial charge in [-0.1, -0.05) is 0 Å². The number of nitrogens with zero attached hydrogens (tertiary/aromatic N) is 2. The van der Waals surface area contributed by atoms with Gasteiger partial charge in [-0.3, -0.25) is 4.79 Å². The van der Waals surface area contributed by atoms with Crippen molar-refractivity contribution in [2.75, 3.05) is 13.7 Å². The maximum absolute atomic E-state index is 12.2. The smallest absolute Gasteiger partial charge is 0.343 e. The van der Waals surface area contributed by atoms with E-state index in [0.29, 0.717) is 17.0 Å². The van der Waals surface area contributed by atoms with E-state index < -0.39 is 5.97 Å². The molecule has 1 heterocycles. The number of methoxy groups -OCH3 is 1. The Morgan fingerprint density at radius 3 is 2.52 bits per heavy atom. The fourth-order valence-electron chi connectivity index (χ4n) is 2.18. The molecule has 0 unspecified atom stereocenters. The van der Waals surface area contributed by atoms with E-state index in [1.165, 1.54) is 13.2 Å². The van der Waals surface area contributed by atoms with Gasteiger partial charge in [0.05, 0.1) is 7.11 Å². The number of nitriles is 1. The monoisotopic (exact) mass is 338 g/mol. The first kappa shape index (κ1) is 18.0. The van der Waals surface area contributed by atoms with E-state index >= 15 is 0 Å². The Kier molecular flexibility index (Phi) is 5.75. The lowest BCUT2D eigenvalue weighted by Gasteiger charge is -2.05. The molecule has 2 rings (SSSR count). The van der Waals surface area contributed by atoms with Gasteiger partial charge in [0.25, 0.3) is 0 Å². The number of ketones is 1. The molecule has 0 amide bonds. The van der Waals surface area contributed by atoms with E-state index in [1.54, 1.807) is 48.0 Å². The molecule has 0 N–H and O–H groups in total. The molecule has 0 aliphatic rings. The number of benzene rings is 1. The highest BCUT2D eigenvalue weighted by Gasteiger charge is 2.08. The van der Waals surface area contributed by atoms with Crippen LogP contribution in [0.5, 0.6) is 5.75 Å². The summed E-state index contributed by atoms with van der Waals surface area (Å²) in [7, 11) is 3.09. The molecule has 1 aromatic heterocycles. The molecule has 0 saturated heterocycles. The van der Waals surface area contributed by atoms with Crippen molar-refractivity contribution >= 4 is 17.8 Å². The number of esters is 1. The summed E-state index contributed by atoms with van der Waals surface area (Å²) in [5, 5.41) is 9.03. The maximum atomic E-state index is 12.2. The second-order valence-corrected chi connectivity index (χ2v) is 5.33. The van der Waals surface area contributed by atoms with Gasteiger partial charge in [0.1, 0.15) is 17.5 Å². The summed E-state index contributed by atoms with van der Waals surface area (Å²) in [5.41, 5.74) is 2.77. The van der Waals surface area contributed by atoms with Crippen molar-refractivity contribution in [3.05, 3.63) is 58.9 Å². The quantitative estimate of drug-likeness (QED) is 0.459. The van der Waals surface area contributed by atoms with Gasteiger partial charge in [-0.05, 0) is 55.0 Å². The normalized spacial score (nSPS) is 10.5. The highest BCUT2D eigenvalue weighted by molar-refractivity contribution is 6.06. The van der Waals surface area contributed by atoms with Crippen LogP contribution in [0.3, 0.4) is 0 Å². The summed E-state index contributed by atoms with van der Waals surface area (Å²) in [4.78, 5) is 23.3. The topological polar surface area (TPSA) is 81.3 Å². The van der Waals surface area contributed by atoms with Crippen molar-refractivity contribution in [2.45, 2.75) is 6.92 Å². The predicted octanol–water partition coefficient (Wildman–Crippen LogP) is 2.65. The molecule has 6 nitrogen and oxygen atoms in total. The summed E-state index contributed by atoms with van der Waals surface area (Å²) >= 11 is 0. The van der Waals surface area contributed by atoms with Gasteiger partial charge in [-0.25, -0.2) is 4.79 Å². The molecule has 6 heteroatoms. The van der Waals surface area contributed by atoms with Crippen molar-refractivity contribution in [3.8, 4) is 11.8 Å². The number of hydrogen-bond donors (Lipinski definition) is 0. The van der Waals surface area contributed by atoms with E-state index in [4.69, 9.17) is 10.00 Å². The second kappa shape index (κ2) is 7.97. The predicted molar refractivity (Wildman–Crippen MR) is 92.2 cm³/mol.